The summed E-state index contributed by atoms with van der Waals surface area (Å²) >= 11 is 0. The molecule has 0 spiro atoms. The molecule has 0 bridgehead atoms. The van der Waals surface area contributed by atoms with Crippen LogP contribution >= 0.6 is 0 Å². The van der Waals surface area contributed by atoms with Crippen molar-refractivity contribution >= 4 is 0 Å². The van der Waals surface area contributed by atoms with Gasteiger partial charge in [-0.05, 0) is 48.6 Å². The van der Waals surface area contributed by atoms with E-state index in [4.69, 9.17) is 0 Å². The van der Waals surface area contributed by atoms with Crippen molar-refractivity contribution in [2.24, 2.45) is 11.8 Å². The average Bonchev–Trinajstić information content (AvgIpc) is 2.37. The molecule has 0 aliphatic heterocycles. The fraction of sp³-hybridized carbons (Fsp3) is 0.647. The monoisotopic (exact) mass is 246 g/mol. The minimum atomic E-state index is -0.0999. The van der Waals surface area contributed by atoms with E-state index in [1.54, 1.807) is 0 Å². The van der Waals surface area contributed by atoms with Crippen LogP contribution in [0.3, 0.4) is 0 Å². The third-order valence-corrected chi connectivity index (χ3v) is 4.21. The van der Waals surface area contributed by atoms with Crippen molar-refractivity contribution in [2.75, 3.05) is 0 Å². The first kappa shape index (κ1) is 13.6. The Hall–Kier alpha value is -0.820. The molecule has 0 fully saturated rings. The highest BCUT2D eigenvalue weighted by Crippen LogP contribution is 2.29. The summed E-state index contributed by atoms with van der Waals surface area (Å²) in [5.41, 5.74) is 2.94. The van der Waals surface area contributed by atoms with Crippen molar-refractivity contribution in [1.82, 2.24) is 0 Å². The first-order chi connectivity index (χ1) is 8.66. The molecule has 1 aromatic rings. The number of fused-ring (bicyclic) bond motifs is 1. The lowest BCUT2D eigenvalue weighted by molar-refractivity contribution is 0.0873. The van der Waals surface area contributed by atoms with E-state index in [9.17, 15) is 5.11 Å². The van der Waals surface area contributed by atoms with Gasteiger partial charge in [-0.1, -0.05) is 51.0 Å². The zero-order chi connectivity index (χ0) is 13.0. The molecule has 0 amide bonds. The van der Waals surface area contributed by atoms with Crippen LogP contribution in [0.4, 0.5) is 0 Å². The second kappa shape index (κ2) is 6.38. The number of rotatable bonds is 5. The van der Waals surface area contributed by atoms with Gasteiger partial charge in [0.2, 0.25) is 0 Å². The van der Waals surface area contributed by atoms with Crippen molar-refractivity contribution < 1.29 is 5.11 Å². The lowest BCUT2D eigenvalue weighted by atomic mass is 9.80. The van der Waals surface area contributed by atoms with Gasteiger partial charge < -0.3 is 5.11 Å². The molecule has 1 N–H and O–H groups in total. The Morgan fingerprint density at radius 3 is 2.61 bits per heavy atom. The quantitative estimate of drug-likeness (QED) is 0.833. The van der Waals surface area contributed by atoms with Crippen molar-refractivity contribution in [3.8, 4) is 0 Å². The highest BCUT2D eigenvalue weighted by molar-refractivity contribution is 5.29. The molecule has 18 heavy (non-hydrogen) atoms. The van der Waals surface area contributed by atoms with E-state index in [1.807, 2.05) is 0 Å². The van der Waals surface area contributed by atoms with Crippen molar-refractivity contribution in [2.45, 2.75) is 58.5 Å². The highest BCUT2D eigenvalue weighted by Gasteiger charge is 2.24. The van der Waals surface area contributed by atoms with Gasteiger partial charge in [0.1, 0.15) is 0 Å². The van der Waals surface area contributed by atoms with Gasteiger partial charge in [0.25, 0.3) is 0 Å². The largest absolute Gasteiger partial charge is 0.393 e. The molecule has 1 heteroatoms. The van der Waals surface area contributed by atoms with Gasteiger partial charge in [-0.15, -0.1) is 0 Å². The molecule has 0 aromatic heterocycles. The fourth-order valence-corrected chi connectivity index (χ4v) is 3.03. The van der Waals surface area contributed by atoms with E-state index in [2.05, 4.69) is 38.1 Å². The van der Waals surface area contributed by atoms with Gasteiger partial charge in [-0.3, -0.25) is 0 Å². The summed E-state index contributed by atoms with van der Waals surface area (Å²) in [6, 6.07) is 8.70. The molecule has 100 valence electrons. The number of aliphatic hydroxyl groups excluding tert-OH is 1. The summed E-state index contributed by atoms with van der Waals surface area (Å²) in [4.78, 5) is 0. The fourth-order valence-electron chi connectivity index (χ4n) is 3.03. The Labute approximate surface area is 111 Å². The van der Waals surface area contributed by atoms with E-state index >= 15 is 0 Å². The smallest absolute Gasteiger partial charge is 0.0571 e. The van der Waals surface area contributed by atoms with Crippen molar-refractivity contribution in [1.29, 1.82) is 0 Å². The molecule has 1 nitrogen and oxygen atoms in total. The van der Waals surface area contributed by atoms with E-state index in [0.29, 0.717) is 5.92 Å². The maximum atomic E-state index is 10.3. The van der Waals surface area contributed by atoms with E-state index < -0.39 is 0 Å². The first-order valence-electron chi connectivity index (χ1n) is 7.41. The van der Waals surface area contributed by atoms with Crippen LogP contribution in [0.1, 0.15) is 50.7 Å². The lowest BCUT2D eigenvalue weighted by Gasteiger charge is -2.28. The summed E-state index contributed by atoms with van der Waals surface area (Å²) in [7, 11) is 0. The Bertz CT molecular complexity index is 370. The van der Waals surface area contributed by atoms with Gasteiger partial charge in [0, 0.05) is 0 Å². The predicted molar refractivity (Wildman–Crippen MR) is 76.7 cm³/mol. The van der Waals surface area contributed by atoms with Gasteiger partial charge in [-0.25, -0.2) is 0 Å². The van der Waals surface area contributed by atoms with Crippen LogP contribution < -0.4 is 0 Å². The number of benzene rings is 1. The molecule has 1 aromatic carbocycles. The molecule has 2 rings (SSSR count). The first-order valence-corrected chi connectivity index (χ1v) is 7.41. The summed E-state index contributed by atoms with van der Waals surface area (Å²) in [5, 5.41) is 10.3. The summed E-state index contributed by atoms with van der Waals surface area (Å²) in [6.45, 7) is 4.51. The van der Waals surface area contributed by atoms with Crippen molar-refractivity contribution in [3.05, 3.63) is 35.4 Å². The maximum Gasteiger partial charge on any atom is 0.0571 e. The topological polar surface area (TPSA) is 20.2 Å². The molecule has 0 heterocycles. The van der Waals surface area contributed by atoms with Crippen LogP contribution in [-0.2, 0) is 12.8 Å². The van der Waals surface area contributed by atoms with Gasteiger partial charge in [-0.2, -0.15) is 0 Å². The molecular formula is C17H26O. The predicted octanol–water partition coefficient (Wildman–Crippen LogP) is 3.98. The summed E-state index contributed by atoms with van der Waals surface area (Å²) < 4.78 is 0. The minimum absolute atomic E-state index is 0.0999. The van der Waals surface area contributed by atoms with E-state index in [-0.39, 0.29) is 6.10 Å². The van der Waals surface area contributed by atoms with Gasteiger partial charge >= 0.3 is 0 Å². The van der Waals surface area contributed by atoms with Crippen LogP contribution in [0.5, 0.6) is 0 Å². The van der Waals surface area contributed by atoms with Crippen LogP contribution in [0.2, 0.25) is 0 Å². The molecule has 0 radical (unpaired) electrons. The van der Waals surface area contributed by atoms with Crippen LogP contribution in [-0.4, -0.2) is 11.2 Å². The Morgan fingerprint density at radius 1 is 1.17 bits per heavy atom. The number of hydrogen-bond acceptors (Lipinski definition) is 1. The number of aliphatic hydroxyl groups is 1. The van der Waals surface area contributed by atoms with E-state index in [1.165, 1.54) is 17.5 Å². The third kappa shape index (κ3) is 3.58. The van der Waals surface area contributed by atoms with Crippen LogP contribution in [0, 0.1) is 11.8 Å². The van der Waals surface area contributed by atoms with Crippen LogP contribution in [0.15, 0.2) is 24.3 Å². The second-order valence-corrected chi connectivity index (χ2v) is 6.16. The second-order valence-electron chi connectivity index (χ2n) is 6.16. The Morgan fingerprint density at radius 2 is 1.89 bits per heavy atom. The molecule has 2 atom stereocenters. The normalized spacial score (nSPS) is 20.8. The van der Waals surface area contributed by atoms with Crippen LogP contribution in [0.25, 0.3) is 0 Å². The minimum Gasteiger partial charge on any atom is -0.393 e. The standard InChI is InChI=1S/C17H26O/c1-13(2)6-5-9-17(18)16-11-10-14-7-3-4-8-15(14)12-16/h3-4,7-8,13,16-18H,5-6,9-12H2,1-2H3. The molecule has 2 unspecified atom stereocenters. The zero-order valence-electron chi connectivity index (χ0n) is 11.7. The Kier molecular flexibility index (Phi) is 4.82. The zero-order valence-corrected chi connectivity index (χ0v) is 11.7. The molecule has 0 saturated heterocycles. The Balaban J connectivity index is 1.84. The highest BCUT2D eigenvalue weighted by atomic mass is 16.3. The third-order valence-electron chi connectivity index (χ3n) is 4.21. The average molecular weight is 246 g/mol. The lowest BCUT2D eigenvalue weighted by Crippen LogP contribution is -2.26. The van der Waals surface area contributed by atoms with E-state index in [0.717, 1.165) is 38.0 Å². The summed E-state index contributed by atoms with van der Waals surface area (Å²) in [6.07, 6.45) is 6.64. The van der Waals surface area contributed by atoms with Gasteiger partial charge in [0.05, 0.1) is 6.10 Å². The molecular weight excluding hydrogens is 220 g/mol. The number of aryl methyl sites for hydroxylation is 1. The number of hydrogen-bond donors (Lipinski definition) is 1. The molecule has 0 saturated carbocycles. The van der Waals surface area contributed by atoms with Crippen molar-refractivity contribution in [3.63, 3.8) is 0 Å². The summed E-state index contributed by atoms with van der Waals surface area (Å²) in [5.74, 6) is 1.23. The molecule has 1 aliphatic rings. The van der Waals surface area contributed by atoms with Gasteiger partial charge in [0.15, 0.2) is 0 Å². The molecule has 1 aliphatic carbocycles. The SMILES string of the molecule is CC(C)CCCC(O)C1CCc2ccccc2C1. The maximum absolute atomic E-state index is 10.3.